The lowest BCUT2D eigenvalue weighted by molar-refractivity contribution is 0.0697. The Balaban J connectivity index is 2.08. The van der Waals surface area contributed by atoms with Crippen LogP contribution in [0.4, 0.5) is 5.69 Å². The van der Waals surface area contributed by atoms with Crippen LogP contribution in [-0.2, 0) is 5.41 Å². The van der Waals surface area contributed by atoms with Gasteiger partial charge in [-0.3, -0.25) is 0 Å². The van der Waals surface area contributed by atoms with E-state index in [1.165, 1.54) is 5.56 Å². The van der Waals surface area contributed by atoms with E-state index in [4.69, 9.17) is 5.11 Å². The average Bonchev–Trinajstić information content (AvgIpc) is 2.46. The van der Waals surface area contributed by atoms with E-state index in [0.717, 1.165) is 12.2 Å². The monoisotopic (exact) mass is 269 g/mol. The lowest BCUT2D eigenvalue weighted by Gasteiger charge is -2.26. The van der Waals surface area contributed by atoms with E-state index in [1.807, 2.05) is 24.3 Å². The molecule has 0 bridgehead atoms. The van der Waals surface area contributed by atoms with Crippen LogP contribution in [0.25, 0.3) is 0 Å². The summed E-state index contributed by atoms with van der Waals surface area (Å²) in [6.07, 6.45) is 0. The predicted molar refractivity (Wildman–Crippen MR) is 81.4 cm³/mol. The number of hydrogen-bond acceptors (Lipinski definition) is 2. The Bertz CT molecular complexity index is 591. The maximum Gasteiger partial charge on any atom is 0.335 e. The number of carbonyl (C=O) groups is 1. The Labute approximate surface area is 119 Å². The normalized spacial score (nSPS) is 11.1. The van der Waals surface area contributed by atoms with E-state index in [0.29, 0.717) is 5.56 Å². The first-order valence-corrected chi connectivity index (χ1v) is 6.62. The fraction of sp³-hybridized carbons (Fsp3) is 0.235. The van der Waals surface area contributed by atoms with Crippen molar-refractivity contribution in [2.45, 2.75) is 19.3 Å². The molecule has 0 atom stereocenters. The second-order valence-electron chi connectivity index (χ2n) is 5.49. The predicted octanol–water partition coefficient (Wildman–Crippen LogP) is 3.77. The van der Waals surface area contributed by atoms with Crippen molar-refractivity contribution in [3.05, 3.63) is 65.7 Å². The lowest BCUT2D eigenvalue weighted by Crippen LogP contribution is -2.27. The van der Waals surface area contributed by atoms with Gasteiger partial charge in [0.05, 0.1) is 5.56 Å². The fourth-order valence-electron chi connectivity index (χ4n) is 2.08. The molecule has 0 amide bonds. The molecule has 0 saturated heterocycles. The number of benzene rings is 2. The summed E-state index contributed by atoms with van der Waals surface area (Å²) in [6.45, 7) is 5.06. The zero-order chi connectivity index (χ0) is 14.6. The summed E-state index contributed by atoms with van der Waals surface area (Å²) in [6, 6.07) is 17.2. The second kappa shape index (κ2) is 5.78. The first-order valence-electron chi connectivity index (χ1n) is 6.62. The number of nitrogens with one attached hydrogen (secondary N) is 1. The lowest BCUT2D eigenvalue weighted by atomic mass is 9.84. The molecule has 104 valence electrons. The molecule has 0 radical (unpaired) electrons. The number of aromatic carboxylic acids is 1. The van der Waals surface area contributed by atoms with E-state index < -0.39 is 5.97 Å². The van der Waals surface area contributed by atoms with Crippen LogP contribution >= 0.6 is 0 Å². The van der Waals surface area contributed by atoms with Gasteiger partial charge >= 0.3 is 5.97 Å². The third-order valence-electron chi connectivity index (χ3n) is 3.40. The van der Waals surface area contributed by atoms with Gasteiger partial charge in [0, 0.05) is 17.6 Å². The van der Waals surface area contributed by atoms with E-state index >= 15 is 0 Å². The molecule has 20 heavy (non-hydrogen) atoms. The molecule has 0 aliphatic heterocycles. The highest BCUT2D eigenvalue weighted by molar-refractivity contribution is 5.88. The van der Waals surface area contributed by atoms with E-state index in [2.05, 4.69) is 31.3 Å². The number of rotatable bonds is 5. The third kappa shape index (κ3) is 3.38. The molecule has 3 nitrogen and oxygen atoms in total. The van der Waals surface area contributed by atoms with Crippen LogP contribution in [0.15, 0.2) is 54.6 Å². The van der Waals surface area contributed by atoms with Gasteiger partial charge in [0.15, 0.2) is 0 Å². The number of carboxylic acids is 1. The quantitative estimate of drug-likeness (QED) is 0.868. The molecule has 0 aromatic heterocycles. The molecule has 2 aromatic rings. The van der Waals surface area contributed by atoms with Gasteiger partial charge in [-0.05, 0) is 23.8 Å². The SMILES string of the molecule is CC(C)(CNc1cccc(C(=O)O)c1)c1ccccc1. The van der Waals surface area contributed by atoms with Crippen LogP contribution in [0.5, 0.6) is 0 Å². The molecule has 2 aromatic carbocycles. The van der Waals surface area contributed by atoms with Crippen LogP contribution in [0.2, 0.25) is 0 Å². The van der Waals surface area contributed by atoms with Crippen LogP contribution in [0, 0.1) is 0 Å². The topological polar surface area (TPSA) is 49.3 Å². The number of carboxylic acid groups (broad SMARTS) is 1. The fourth-order valence-corrected chi connectivity index (χ4v) is 2.08. The summed E-state index contributed by atoms with van der Waals surface area (Å²) in [7, 11) is 0. The van der Waals surface area contributed by atoms with Crippen molar-refractivity contribution in [3.63, 3.8) is 0 Å². The van der Waals surface area contributed by atoms with E-state index in [1.54, 1.807) is 18.2 Å². The molecular formula is C17H19NO2. The Morgan fingerprint density at radius 1 is 1.10 bits per heavy atom. The average molecular weight is 269 g/mol. The van der Waals surface area contributed by atoms with E-state index in [-0.39, 0.29) is 5.41 Å². The minimum atomic E-state index is -0.907. The molecular weight excluding hydrogens is 250 g/mol. The van der Waals surface area contributed by atoms with Gasteiger partial charge in [-0.15, -0.1) is 0 Å². The van der Waals surface area contributed by atoms with Gasteiger partial charge < -0.3 is 10.4 Å². The first kappa shape index (κ1) is 14.1. The van der Waals surface area contributed by atoms with Crippen LogP contribution in [-0.4, -0.2) is 17.6 Å². The highest BCUT2D eigenvalue weighted by atomic mass is 16.4. The number of hydrogen-bond donors (Lipinski definition) is 2. The van der Waals surface area contributed by atoms with E-state index in [9.17, 15) is 4.79 Å². The summed E-state index contributed by atoms with van der Waals surface area (Å²) in [5.41, 5.74) is 2.35. The molecule has 2 rings (SSSR count). The molecule has 0 fully saturated rings. The van der Waals surface area contributed by atoms with Gasteiger partial charge in [0.2, 0.25) is 0 Å². The van der Waals surface area contributed by atoms with Gasteiger partial charge in [-0.1, -0.05) is 50.2 Å². The zero-order valence-corrected chi connectivity index (χ0v) is 11.8. The Kier molecular flexibility index (Phi) is 4.08. The Morgan fingerprint density at radius 3 is 2.45 bits per heavy atom. The molecule has 0 aliphatic rings. The summed E-state index contributed by atoms with van der Waals surface area (Å²) in [4.78, 5) is 10.9. The summed E-state index contributed by atoms with van der Waals surface area (Å²) in [5.74, 6) is -0.907. The van der Waals surface area contributed by atoms with Crippen molar-refractivity contribution in [1.29, 1.82) is 0 Å². The van der Waals surface area contributed by atoms with Crippen molar-refractivity contribution in [1.82, 2.24) is 0 Å². The van der Waals surface area contributed by atoms with Crippen molar-refractivity contribution < 1.29 is 9.90 Å². The van der Waals surface area contributed by atoms with Crippen LogP contribution in [0.1, 0.15) is 29.8 Å². The highest BCUT2D eigenvalue weighted by Crippen LogP contribution is 2.23. The van der Waals surface area contributed by atoms with Gasteiger partial charge in [-0.2, -0.15) is 0 Å². The number of anilines is 1. The minimum absolute atomic E-state index is 0.0273. The van der Waals surface area contributed by atoms with Crippen LogP contribution in [0.3, 0.4) is 0 Å². The molecule has 0 heterocycles. The minimum Gasteiger partial charge on any atom is -0.478 e. The summed E-state index contributed by atoms with van der Waals surface area (Å²) >= 11 is 0. The maximum absolute atomic E-state index is 10.9. The molecule has 0 aliphatic carbocycles. The third-order valence-corrected chi connectivity index (χ3v) is 3.40. The molecule has 0 spiro atoms. The molecule has 3 heteroatoms. The van der Waals surface area contributed by atoms with Gasteiger partial charge in [-0.25, -0.2) is 4.79 Å². The Morgan fingerprint density at radius 2 is 1.80 bits per heavy atom. The second-order valence-corrected chi connectivity index (χ2v) is 5.49. The van der Waals surface area contributed by atoms with Crippen molar-refractivity contribution in [2.24, 2.45) is 0 Å². The van der Waals surface area contributed by atoms with Gasteiger partial charge in [0.25, 0.3) is 0 Å². The molecule has 0 saturated carbocycles. The first-order chi connectivity index (χ1) is 9.49. The summed E-state index contributed by atoms with van der Waals surface area (Å²) in [5, 5.41) is 12.3. The van der Waals surface area contributed by atoms with Gasteiger partial charge in [0.1, 0.15) is 0 Å². The summed E-state index contributed by atoms with van der Waals surface area (Å²) < 4.78 is 0. The maximum atomic E-state index is 10.9. The standard InChI is InChI=1S/C17H19NO2/c1-17(2,14-8-4-3-5-9-14)12-18-15-10-6-7-13(11-15)16(19)20/h3-11,18H,12H2,1-2H3,(H,19,20). The Hall–Kier alpha value is -2.29. The highest BCUT2D eigenvalue weighted by Gasteiger charge is 2.19. The smallest absolute Gasteiger partial charge is 0.335 e. The van der Waals surface area contributed by atoms with Crippen molar-refractivity contribution in [3.8, 4) is 0 Å². The molecule has 0 unspecified atom stereocenters. The van der Waals surface area contributed by atoms with Crippen molar-refractivity contribution in [2.75, 3.05) is 11.9 Å². The van der Waals surface area contributed by atoms with Crippen molar-refractivity contribution >= 4 is 11.7 Å². The molecule has 2 N–H and O–H groups in total. The largest absolute Gasteiger partial charge is 0.478 e. The van der Waals surface area contributed by atoms with Crippen LogP contribution < -0.4 is 5.32 Å². The zero-order valence-electron chi connectivity index (χ0n) is 11.8.